The van der Waals surface area contributed by atoms with Gasteiger partial charge in [0.1, 0.15) is 5.69 Å². The first-order chi connectivity index (χ1) is 5.42. The van der Waals surface area contributed by atoms with Gasteiger partial charge in [0.05, 0.1) is 18.2 Å². The average molecular weight is 150 g/mol. The van der Waals surface area contributed by atoms with Gasteiger partial charge in [-0.1, -0.05) is 5.16 Å². The van der Waals surface area contributed by atoms with Crippen LogP contribution in [0.4, 0.5) is 0 Å². The van der Waals surface area contributed by atoms with Gasteiger partial charge in [0.2, 0.25) is 0 Å². The van der Waals surface area contributed by atoms with Gasteiger partial charge >= 0.3 is 0 Å². The molecule has 0 aliphatic rings. The molecule has 0 saturated carbocycles. The van der Waals surface area contributed by atoms with Crippen LogP contribution >= 0.6 is 0 Å². The van der Waals surface area contributed by atoms with Crippen LogP contribution in [-0.4, -0.2) is 15.2 Å². The van der Waals surface area contributed by atoms with E-state index in [1.54, 1.807) is 18.5 Å². The van der Waals surface area contributed by atoms with E-state index in [4.69, 9.17) is 9.63 Å². The molecule has 0 aliphatic heterocycles. The molecule has 0 radical (unpaired) electrons. The quantitative estimate of drug-likeness (QED) is 0.650. The molecule has 0 bridgehead atoms. The van der Waals surface area contributed by atoms with Crippen molar-refractivity contribution in [1.82, 2.24) is 10.1 Å². The number of pyridine rings is 1. The summed E-state index contributed by atoms with van der Waals surface area (Å²) >= 11 is 0. The minimum absolute atomic E-state index is 0.100. The number of aromatic nitrogens is 2. The van der Waals surface area contributed by atoms with Crippen molar-refractivity contribution in [3.8, 4) is 0 Å². The highest BCUT2D eigenvalue weighted by atomic mass is 16.5. The van der Waals surface area contributed by atoms with Gasteiger partial charge in [0.15, 0.2) is 5.58 Å². The molecule has 2 aromatic heterocycles. The molecule has 0 spiro atoms. The lowest BCUT2D eigenvalue weighted by Gasteiger charge is -1.85. The molecular weight excluding hydrogens is 144 g/mol. The Kier molecular flexibility index (Phi) is 1.33. The number of hydrogen-bond acceptors (Lipinski definition) is 4. The summed E-state index contributed by atoms with van der Waals surface area (Å²) in [5, 5.41) is 13.3. The number of aliphatic hydroxyl groups is 1. The number of hydrogen-bond donors (Lipinski definition) is 1. The molecule has 0 unspecified atom stereocenters. The molecule has 0 saturated heterocycles. The third kappa shape index (κ3) is 0.877. The Bertz CT molecular complexity index is 369. The van der Waals surface area contributed by atoms with Crippen molar-refractivity contribution >= 4 is 11.0 Å². The minimum Gasteiger partial charge on any atom is -0.390 e. The first-order valence-electron chi connectivity index (χ1n) is 3.21. The average Bonchev–Trinajstić information content (AvgIpc) is 2.47. The highest BCUT2D eigenvalue weighted by Crippen LogP contribution is 2.15. The lowest BCUT2D eigenvalue weighted by atomic mass is 10.3. The SMILES string of the molecule is OCc1noc2cnccc12. The minimum atomic E-state index is -0.100. The van der Waals surface area contributed by atoms with Crippen LogP contribution in [0.2, 0.25) is 0 Å². The second-order valence-electron chi connectivity index (χ2n) is 2.16. The summed E-state index contributed by atoms with van der Waals surface area (Å²) < 4.78 is 4.87. The molecule has 11 heavy (non-hydrogen) atoms. The third-order valence-corrected chi connectivity index (χ3v) is 1.50. The lowest BCUT2D eigenvalue weighted by Crippen LogP contribution is -1.81. The molecule has 56 valence electrons. The summed E-state index contributed by atoms with van der Waals surface area (Å²) in [5.74, 6) is 0. The van der Waals surface area contributed by atoms with Crippen LogP contribution in [0.3, 0.4) is 0 Å². The van der Waals surface area contributed by atoms with E-state index >= 15 is 0 Å². The van der Waals surface area contributed by atoms with Gasteiger partial charge in [-0.15, -0.1) is 0 Å². The maximum atomic E-state index is 8.78. The van der Waals surface area contributed by atoms with Crippen LogP contribution in [0.1, 0.15) is 5.69 Å². The molecule has 0 aliphatic carbocycles. The zero-order valence-corrected chi connectivity index (χ0v) is 5.69. The van der Waals surface area contributed by atoms with E-state index in [-0.39, 0.29) is 6.61 Å². The smallest absolute Gasteiger partial charge is 0.185 e. The van der Waals surface area contributed by atoms with Gasteiger partial charge in [-0.25, -0.2) is 0 Å². The van der Waals surface area contributed by atoms with Crippen molar-refractivity contribution in [2.75, 3.05) is 0 Å². The molecule has 0 fully saturated rings. The summed E-state index contributed by atoms with van der Waals surface area (Å²) in [5.41, 5.74) is 1.17. The van der Waals surface area contributed by atoms with Gasteiger partial charge in [-0.2, -0.15) is 0 Å². The van der Waals surface area contributed by atoms with Crippen molar-refractivity contribution in [3.05, 3.63) is 24.2 Å². The predicted octanol–water partition coefficient (Wildman–Crippen LogP) is 0.715. The second-order valence-corrected chi connectivity index (χ2v) is 2.16. The zero-order chi connectivity index (χ0) is 7.68. The second kappa shape index (κ2) is 2.32. The topological polar surface area (TPSA) is 59.2 Å². The molecule has 0 aromatic carbocycles. The van der Waals surface area contributed by atoms with Crippen molar-refractivity contribution in [1.29, 1.82) is 0 Å². The first-order valence-corrected chi connectivity index (χ1v) is 3.21. The Morgan fingerprint density at radius 1 is 1.55 bits per heavy atom. The highest BCUT2D eigenvalue weighted by molar-refractivity contribution is 5.77. The summed E-state index contributed by atoms with van der Waals surface area (Å²) in [6.07, 6.45) is 3.21. The number of rotatable bonds is 1. The van der Waals surface area contributed by atoms with Crippen LogP contribution < -0.4 is 0 Å². The van der Waals surface area contributed by atoms with E-state index in [1.165, 1.54) is 0 Å². The largest absolute Gasteiger partial charge is 0.390 e. The number of fused-ring (bicyclic) bond motifs is 1. The van der Waals surface area contributed by atoms with Gasteiger partial charge in [-0.3, -0.25) is 4.98 Å². The molecule has 0 atom stereocenters. The van der Waals surface area contributed by atoms with Crippen molar-refractivity contribution < 1.29 is 9.63 Å². The van der Waals surface area contributed by atoms with Crippen LogP contribution in [0.5, 0.6) is 0 Å². The number of aliphatic hydroxyl groups excluding tert-OH is 1. The van der Waals surface area contributed by atoms with Crippen LogP contribution in [0.25, 0.3) is 11.0 Å². The fraction of sp³-hybridized carbons (Fsp3) is 0.143. The monoisotopic (exact) mass is 150 g/mol. The Morgan fingerprint density at radius 3 is 3.27 bits per heavy atom. The lowest BCUT2D eigenvalue weighted by molar-refractivity contribution is 0.269. The van der Waals surface area contributed by atoms with E-state index in [0.717, 1.165) is 5.39 Å². The molecule has 4 nitrogen and oxygen atoms in total. The Labute approximate surface area is 62.5 Å². The van der Waals surface area contributed by atoms with E-state index in [0.29, 0.717) is 11.3 Å². The van der Waals surface area contributed by atoms with Crippen LogP contribution in [0.15, 0.2) is 23.0 Å². The van der Waals surface area contributed by atoms with E-state index in [2.05, 4.69) is 10.1 Å². The Balaban J connectivity index is 2.76. The fourth-order valence-electron chi connectivity index (χ4n) is 0.959. The summed E-state index contributed by atoms with van der Waals surface area (Å²) in [4.78, 5) is 3.85. The maximum Gasteiger partial charge on any atom is 0.185 e. The Hall–Kier alpha value is -1.42. The first kappa shape index (κ1) is 6.30. The molecule has 2 rings (SSSR count). The standard InChI is InChI=1S/C7H6N2O2/c10-4-6-5-1-2-8-3-7(5)11-9-6/h1-3,10H,4H2. The predicted molar refractivity (Wildman–Crippen MR) is 37.7 cm³/mol. The zero-order valence-electron chi connectivity index (χ0n) is 5.69. The van der Waals surface area contributed by atoms with Gasteiger partial charge in [0.25, 0.3) is 0 Å². The van der Waals surface area contributed by atoms with Crippen molar-refractivity contribution in [2.45, 2.75) is 6.61 Å². The summed E-state index contributed by atoms with van der Waals surface area (Å²) in [6.45, 7) is -0.100. The Morgan fingerprint density at radius 2 is 2.45 bits per heavy atom. The van der Waals surface area contributed by atoms with E-state index in [1.807, 2.05) is 0 Å². The summed E-state index contributed by atoms with van der Waals surface area (Å²) in [6, 6.07) is 1.76. The highest BCUT2D eigenvalue weighted by Gasteiger charge is 2.04. The van der Waals surface area contributed by atoms with Gasteiger partial charge in [-0.05, 0) is 6.07 Å². The molecule has 4 heteroatoms. The summed E-state index contributed by atoms with van der Waals surface area (Å²) in [7, 11) is 0. The number of nitrogens with zero attached hydrogens (tertiary/aromatic N) is 2. The normalized spacial score (nSPS) is 10.6. The molecular formula is C7H6N2O2. The molecule has 0 amide bonds. The van der Waals surface area contributed by atoms with Crippen LogP contribution in [0, 0.1) is 0 Å². The van der Waals surface area contributed by atoms with Crippen molar-refractivity contribution in [2.24, 2.45) is 0 Å². The molecule has 1 N–H and O–H groups in total. The van der Waals surface area contributed by atoms with E-state index < -0.39 is 0 Å². The maximum absolute atomic E-state index is 8.78. The van der Waals surface area contributed by atoms with Gasteiger partial charge in [0, 0.05) is 6.20 Å². The van der Waals surface area contributed by atoms with Gasteiger partial charge < -0.3 is 9.63 Å². The van der Waals surface area contributed by atoms with Crippen molar-refractivity contribution in [3.63, 3.8) is 0 Å². The molecule has 2 aromatic rings. The third-order valence-electron chi connectivity index (χ3n) is 1.50. The van der Waals surface area contributed by atoms with Crippen LogP contribution in [-0.2, 0) is 6.61 Å². The van der Waals surface area contributed by atoms with E-state index in [9.17, 15) is 0 Å². The molecule has 2 heterocycles. The fourth-order valence-corrected chi connectivity index (χ4v) is 0.959.